The summed E-state index contributed by atoms with van der Waals surface area (Å²) in [5.74, 6) is 0.947. The Labute approximate surface area is 148 Å². The Kier molecular flexibility index (Phi) is 5.14. The highest BCUT2D eigenvalue weighted by Crippen LogP contribution is 2.27. The van der Waals surface area contributed by atoms with E-state index in [4.69, 9.17) is 4.42 Å². The summed E-state index contributed by atoms with van der Waals surface area (Å²) in [7, 11) is 0. The van der Waals surface area contributed by atoms with Crippen LogP contribution < -0.4 is 0 Å². The summed E-state index contributed by atoms with van der Waals surface area (Å²) in [5.41, 5.74) is 1.19. The lowest BCUT2D eigenvalue weighted by Crippen LogP contribution is -2.05. The molecule has 0 radical (unpaired) electrons. The van der Waals surface area contributed by atoms with Crippen LogP contribution in [-0.2, 0) is 6.54 Å². The molecule has 5 nitrogen and oxygen atoms in total. The number of Topliss-reactive ketones (excluding diaryl/α,β-unsaturated/α-hetero) is 1. The minimum atomic E-state index is -0.427. The standard InChI is InChI=1S/C18H16FN3O2S/c1-3-8-22-17(15-7-9-24-12(15)2)20-21-18(22)25-11-16(23)13-5-4-6-14(19)10-13/h3-7,9-10H,1,8,11H2,2H3. The van der Waals surface area contributed by atoms with Gasteiger partial charge in [0.1, 0.15) is 11.6 Å². The van der Waals surface area contributed by atoms with Gasteiger partial charge in [0, 0.05) is 12.1 Å². The van der Waals surface area contributed by atoms with E-state index >= 15 is 0 Å². The number of furan rings is 1. The van der Waals surface area contributed by atoms with Crippen molar-refractivity contribution in [3.05, 3.63) is 66.4 Å². The van der Waals surface area contributed by atoms with Gasteiger partial charge in [-0.2, -0.15) is 0 Å². The number of hydrogen-bond donors (Lipinski definition) is 0. The van der Waals surface area contributed by atoms with Gasteiger partial charge in [-0.05, 0) is 25.1 Å². The average Bonchev–Trinajstić information content (AvgIpc) is 3.19. The SMILES string of the molecule is C=CCn1c(SCC(=O)c2cccc(F)c2)nnc1-c1ccoc1C. The molecular formula is C18H16FN3O2S. The van der Waals surface area contributed by atoms with E-state index in [2.05, 4.69) is 16.8 Å². The first-order valence-electron chi connectivity index (χ1n) is 7.60. The van der Waals surface area contributed by atoms with E-state index in [1.807, 2.05) is 17.6 Å². The number of allylic oxidation sites excluding steroid dienone is 1. The first-order chi connectivity index (χ1) is 12.1. The molecule has 7 heteroatoms. The minimum Gasteiger partial charge on any atom is -0.469 e. The van der Waals surface area contributed by atoms with Gasteiger partial charge in [0.2, 0.25) is 0 Å². The third-order valence-corrected chi connectivity index (χ3v) is 4.57. The second kappa shape index (κ2) is 7.48. The minimum absolute atomic E-state index is 0.142. The van der Waals surface area contributed by atoms with E-state index in [0.29, 0.717) is 23.1 Å². The van der Waals surface area contributed by atoms with Crippen molar-refractivity contribution < 1.29 is 13.6 Å². The normalized spacial score (nSPS) is 10.8. The van der Waals surface area contributed by atoms with Gasteiger partial charge in [-0.1, -0.05) is 30.0 Å². The molecule has 128 valence electrons. The Morgan fingerprint density at radius 3 is 2.92 bits per heavy atom. The van der Waals surface area contributed by atoms with Crippen LogP contribution in [0, 0.1) is 12.7 Å². The Hall–Kier alpha value is -2.67. The quantitative estimate of drug-likeness (QED) is 0.361. The summed E-state index contributed by atoms with van der Waals surface area (Å²) in [5, 5.41) is 8.99. The number of benzene rings is 1. The molecule has 0 N–H and O–H groups in total. The molecule has 2 heterocycles. The third kappa shape index (κ3) is 3.71. The topological polar surface area (TPSA) is 60.9 Å². The smallest absolute Gasteiger partial charge is 0.192 e. The van der Waals surface area contributed by atoms with Crippen LogP contribution in [0.25, 0.3) is 11.4 Å². The van der Waals surface area contributed by atoms with Gasteiger partial charge in [-0.15, -0.1) is 16.8 Å². The maximum Gasteiger partial charge on any atom is 0.192 e. The summed E-state index contributed by atoms with van der Waals surface area (Å²) in [4.78, 5) is 12.2. The molecule has 0 saturated heterocycles. The number of rotatable bonds is 7. The Bertz CT molecular complexity index is 917. The number of ketones is 1. The predicted octanol–water partition coefficient (Wildman–Crippen LogP) is 4.15. The zero-order valence-corrected chi connectivity index (χ0v) is 14.4. The molecule has 0 unspecified atom stereocenters. The van der Waals surface area contributed by atoms with Crippen LogP contribution in [0.3, 0.4) is 0 Å². The van der Waals surface area contributed by atoms with Crippen molar-refractivity contribution in [1.82, 2.24) is 14.8 Å². The van der Waals surface area contributed by atoms with E-state index in [1.54, 1.807) is 18.4 Å². The van der Waals surface area contributed by atoms with Crippen molar-refractivity contribution in [3.63, 3.8) is 0 Å². The van der Waals surface area contributed by atoms with Crippen molar-refractivity contribution in [2.75, 3.05) is 5.75 Å². The fraction of sp³-hybridized carbons (Fsp3) is 0.167. The first kappa shape index (κ1) is 17.2. The molecule has 0 atom stereocenters. The van der Waals surface area contributed by atoms with Crippen LogP contribution in [0.15, 0.2) is 58.8 Å². The fourth-order valence-corrected chi connectivity index (χ4v) is 3.22. The molecule has 0 spiro atoms. The summed E-state index contributed by atoms with van der Waals surface area (Å²) in [6.45, 7) is 6.11. The molecule has 1 aromatic carbocycles. The number of aromatic nitrogens is 3. The zero-order valence-electron chi connectivity index (χ0n) is 13.6. The van der Waals surface area contributed by atoms with E-state index in [-0.39, 0.29) is 11.5 Å². The molecule has 25 heavy (non-hydrogen) atoms. The summed E-state index contributed by atoms with van der Waals surface area (Å²) in [6.07, 6.45) is 3.33. The molecule has 0 amide bonds. The number of hydrogen-bond acceptors (Lipinski definition) is 5. The molecule has 0 fully saturated rings. The lowest BCUT2D eigenvalue weighted by molar-refractivity contribution is 0.102. The van der Waals surface area contributed by atoms with Crippen molar-refractivity contribution >= 4 is 17.5 Å². The van der Waals surface area contributed by atoms with Crippen LogP contribution in [-0.4, -0.2) is 26.3 Å². The van der Waals surface area contributed by atoms with Crippen molar-refractivity contribution in [2.24, 2.45) is 0 Å². The Morgan fingerprint density at radius 1 is 1.40 bits per heavy atom. The van der Waals surface area contributed by atoms with Crippen LogP contribution >= 0.6 is 11.8 Å². The van der Waals surface area contributed by atoms with Crippen LogP contribution in [0.2, 0.25) is 0 Å². The number of carbonyl (C=O) groups excluding carboxylic acids is 1. The third-order valence-electron chi connectivity index (χ3n) is 3.61. The van der Waals surface area contributed by atoms with E-state index in [1.165, 1.54) is 30.0 Å². The number of thioether (sulfide) groups is 1. The summed E-state index contributed by atoms with van der Waals surface area (Å²) >= 11 is 1.26. The molecule has 0 aliphatic carbocycles. The van der Waals surface area contributed by atoms with Crippen LogP contribution in [0.5, 0.6) is 0 Å². The maximum atomic E-state index is 13.2. The number of aryl methyl sites for hydroxylation is 1. The number of carbonyl (C=O) groups is 1. The predicted molar refractivity (Wildman–Crippen MR) is 94.1 cm³/mol. The van der Waals surface area contributed by atoms with Gasteiger partial charge in [-0.3, -0.25) is 9.36 Å². The molecular weight excluding hydrogens is 341 g/mol. The highest BCUT2D eigenvalue weighted by molar-refractivity contribution is 7.99. The second-order valence-corrected chi connectivity index (χ2v) is 6.26. The second-order valence-electron chi connectivity index (χ2n) is 5.32. The van der Waals surface area contributed by atoms with Crippen molar-refractivity contribution in [1.29, 1.82) is 0 Å². The summed E-state index contributed by atoms with van der Waals surface area (Å²) < 4.78 is 20.4. The van der Waals surface area contributed by atoms with Gasteiger partial charge in [-0.25, -0.2) is 4.39 Å². The van der Waals surface area contributed by atoms with Crippen LogP contribution in [0.4, 0.5) is 4.39 Å². The molecule has 3 aromatic rings. The molecule has 0 aliphatic heterocycles. The molecule has 0 saturated carbocycles. The van der Waals surface area contributed by atoms with E-state index in [9.17, 15) is 9.18 Å². The molecule has 0 bridgehead atoms. The average molecular weight is 357 g/mol. The Balaban J connectivity index is 1.81. The first-order valence-corrected chi connectivity index (χ1v) is 8.59. The van der Waals surface area contributed by atoms with E-state index < -0.39 is 5.82 Å². The number of nitrogens with zero attached hydrogens (tertiary/aromatic N) is 3. The lowest BCUT2D eigenvalue weighted by atomic mass is 10.1. The van der Waals surface area contributed by atoms with Gasteiger partial charge in [0.25, 0.3) is 0 Å². The molecule has 3 rings (SSSR count). The van der Waals surface area contributed by atoms with Gasteiger partial charge >= 0.3 is 0 Å². The van der Waals surface area contributed by atoms with Gasteiger partial charge in [0.05, 0.1) is 17.6 Å². The monoisotopic (exact) mass is 357 g/mol. The maximum absolute atomic E-state index is 13.2. The van der Waals surface area contributed by atoms with Gasteiger partial charge in [0.15, 0.2) is 16.8 Å². The van der Waals surface area contributed by atoms with Crippen LogP contribution in [0.1, 0.15) is 16.1 Å². The van der Waals surface area contributed by atoms with Crippen molar-refractivity contribution in [3.8, 4) is 11.4 Å². The Morgan fingerprint density at radius 2 is 2.24 bits per heavy atom. The fourth-order valence-electron chi connectivity index (χ4n) is 2.38. The largest absolute Gasteiger partial charge is 0.469 e. The highest BCUT2D eigenvalue weighted by Gasteiger charge is 2.18. The number of halogens is 1. The van der Waals surface area contributed by atoms with Crippen molar-refractivity contribution in [2.45, 2.75) is 18.6 Å². The highest BCUT2D eigenvalue weighted by atomic mass is 32.2. The zero-order chi connectivity index (χ0) is 17.8. The molecule has 0 aliphatic rings. The van der Waals surface area contributed by atoms with Gasteiger partial charge < -0.3 is 4.42 Å². The summed E-state index contributed by atoms with van der Waals surface area (Å²) in [6, 6.07) is 7.49. The van der Waals surface area contributed by atoms with E-state index in [0.717, 1.165) is 11.3 Å². The lowest BCUT2D eigenvalue weighted by Gasteiger charge is -2.07. The molecule has 2 aromatic heterocycles.